The first-order valence-electron chi connectivity index (χ1n) is 6.98. The molecule has 0 radical (unpaired) electrons. The molecule has 0 spiro atoms. The molecule has 0 unspecified atom stereocenters. The summed E-state index contributed by atoms with van der Waals surface area (Å²) in [5.41, 5.74) is 7.52. The Labute approximate surface area is 125 Å². The van der Waals surface area contributed by atoms with Crippen molar-refractivity contribution in [2.45, 2.75) is 6.42 Å². The van der Waals surface area contributed by atoms with Gasteiger partial charge in [0.2, 0.25) is 0 Å². The molecule has 1 aliphatic heterocycles. The molecule has 6 heteroatoms. The van der Waals surface area contributed by atoms with E-state index in [0.29, 0.717) is 0 Å². The van der Waals surface area contributed by atoms with Crippen molar-refractivity contribution in [3.05, 3.63) is 36.0 Å². The normalized spacial score (nSPS) is 15.0. The van der Waals surface area contributed by atoms with Crippen molar-refractivity contribution in [2.24, 2.45) is 0 Å². The van der Waals surface area contributed by atoms with E-state index in [1.54, 1.807) is 7.11 Å². The van der Waals surface area contributed by atoms with Gasteiger partial charge in [-0.2, -0.15) is 0 Å². The molecule has 0 bridgehead atoms. The number of carbonyl (C=O) groups excluding carboxylic acids is 1. The van der Waals surface area contributed by atoms with E-state index in [1.165, 1.54) is 0 Å². The summed E-state index contributed by atoms with van der Waals surface area (Å²) in [5.74, 6) is 0.594. The predicted octanol–water partition coefficient (Wildman–Crippen LogP) is 0.947. The molecule has 0 aliphatic carbocycles. The number of benzene rings is 1. The average molecular weight is 290 g/mol. The lowest BCUT2D eigenvalue weighted by molar-refractivity contribution is -0.120. The van der Waals surface area contributed by atoms with Gasteiger partial charge in [-0.15, -0.1) is 0 Å². The molecular formula is C15H22N4O2. The molecule has 6 nitrogen and oxygen atoms in total. The van der Waals surface area contributed by atoms with Crippen LogP contribution in [-0.4, -0.2) is 44.6 Å². The van der Waals surface area contributed by atoms with E-state index in [9.17, 15) is 4.79 Å². The summed E-state index contributed by atoms with van der Waals surface area (Å²) >= 11 is 0. The van der Waals surface area contributed by atoms with Gasteiger partial charge in [0, 0.05) is 25.2 Å². The topological polar surface area (TPSA) is 65.6 Å². The Morgan fingerprint density at radius 2 is 2.19 bits per heavy atom. The van der Waals surface area contributed by atoms with Gasteiger partial charge in [-0.25, -0.2) is 0 Å². The fourth-order valence-electron chi connectivity index (χ4n) is 2.04. The molecule has 0 atom stereocenters. The second-order valence-corrected chi connectivity index (χ2v) is 4.97. The Kier molecular flexibility index (Phi) is 5.45. The minimum absolute atomic E-state index is 0.124. The first kappa shape index (κ1) is 15.2. The third-order valence-corrected chi connectivity index (χ3v) is 3.32. The Balaban J connectivity index is 1.75. The lowest BCUT2D eigenvalue weighted by Gasteiger charge is -2.22. The fraction of sp³-hybridized carbons (Fsp3) is 0.400. The highest BCUT2D eigenvalue weighted by molar-refractivity contribution is 5.81. The van der Waals surface area contributed by atoms with Crippen LogP contribution in [0.3, 0.4) is 0 Å². The molecule has 114 valence electrons. The van der Waals surface area contributed by atoms with Gasteiger partial charge < -0.3 is 20.4 Å². The van der Waals surface area contributed by atoms with Crippen LogP contribution < -0.4 is 20.9 Å². The number of rotatable bonds is 6. The van der Waals surface area contributed by atoms with Gasteiger partial charge in [0.1, 0.15) is 5.75 Å². The standard InChI is InChI=1S/C15H22N4O2/c1-19-9-7-12(8-10-19)17-18-15(20)11-16-13-5-3-4-6-14(13)21-2/h3-7,16-17H,8-11H2,1-2H3,(H,18,20). The van der Waals surface area contributed by atoms with E-state index >= 15 is 0 Å². The third kappa shape index (κ3) is 4.68. The molecule has 0 fully saturated rings. The van der Waals surface area contributed by atoms with Crippen LogP contribution in [0.2, 0.25) is 0 Å². The first-order valence-corrected chi connectivity index (χ1v) is 6.98. The molecule has 1 aromatic rings. The lowest BCUT2D eigenvalue weighted by Crippen LogP contribution is -2.42. The van der Waals surface area contributed by atoms with E-state index < -0.39 is 0 Å². The van der Waals surface area contributed by atoms with E-state index in [0.717, 1.165) is 36.6 Å². The summed E-state index contributed by atoms with van der Waals surface area (Å²) in [5, 5.41) is 3.05. The van der Waals surface area contributed by atoms with Crippen LogP contribution in [0.4, 0.5) is 5.69 Å². The molecule has 21 heavy (non-hydrogen) atoms. The number of carbonyl (C=O) groups is 1. The Bertz CT molecular complexity index is 516. The van der Waals surface area contributed by atoms with Crippen LogP contribution >= 0.6 is 0 Å². The van der Waals surface area contributed by atoms with Crippen molar-refractivity contribution in [2.75, 3.05) is 39.1 Å². The second kappa shape index (κ2) is 7.54. The zero-order chi connectivity index (χ0) is 15.1. The van der Waals surface area contributed by atoms with Gasteiger partial charge in [-0.05, 0) is 25.3 Å². The van der Waals surface area contributed by atoms with Gasteiger partial charge in [0.15, 0.2) is 0 Å². The number of nitrogens with one attached hydrogen (secondary N) is 3. The number of nitrogens with zero attached hydrogens (tertiary/aromatic N) is 1. The minimum atomic E-state index is -0.124. The molecule has 0 saturated heterocycles. The average Bonchev–Trinajstić information content (AvgIpc) is 2.52. The number of ether oxygens (including phenoxy) is 1. The molecule has 0 saturated carbocycles. The van der Waals surface area contributed by atoms with Gasteiger partial charge in [0.25, 0.3) is 5.91 Å². The molecule has 0 aromatic heterocycles. The maximum absolute atomic E-state index is 11.8. The summed E-state index contributed by atoms with van der Waals surface area (Å²) in [6.07, 6.45) is 2.99. The van der Waals surface area contributed by atoms with E-state index in [-0.39, 0.29) is 12.5 Å². The number of anilines is 1. The Hall–Kier alpha value is -2.21. The van der Waals surface area contributed by atoms with Gasteiger partial charge in [-0.3, -0.25) is 10.2 Å². The number of para-hydroxylation sites is 2. The van der Waals surface area contributed by atoms with Crippen LogP contribution in [-0.2, 0) is 4.79 Å². The number of hydrazine groups is 1. The Morgan fingerprint density at radius 3 is 2.90 bits per heavy atom. The van der Waals surface area contributed by atoms with Crippen molar-refractivity contribution < 1.29 is 9.53 Å². The predicted molar refractivity (Wildman–Crippen MR) is 83.0 cm³/mol. The van der Waals surface area contributed by atoms with Crippen molar-refractivity contribution in [3.63, 3.8) is 0 Å². The van der Waals surface area contributed by atoms with Gasteiger partial charge in [0.05, 0.1) is 19.3 Å². The van der Waals surface area contributed by atoms with Crippen LogP contribution in [0.25, 0.3) is 0 Å². The summed E-state index contributed by atoms with van der Waals surface area (Å²) in [7, 11) is 3.68. The van der Waals surface area contributed by atoms with Crippen LogP contribution in [0.5, 0.6) is 5.75 Å². The number of hydrogen-bond acceptors (Lipinski definition) is 5. The SMILES string of the molecule is COc1ccccc1NCC(=O)NNC1=CCN(C)CC1. The molecule has 2 rings (SSSR count). The van der Waals surface area contributed by atoms with Crippen LogP contribution in [0.1, 0.15) is 6.42 Å². The molecular weight excluding hydrogens is 268 g/mol. The third-order valence-electron chi connectivity index (χ3n) is 3.32. The van der Waals surface area contributed by atoms with Crippen molar-refractivity contribution in [1.82, 2.24) is 15.8 Å². The van der Waals surface area contributed by atoms with Crippen LogP contribution in [0, 0.1) is 0 Å². The number of amides is 1. The van der Waals surface area contributed by atoms with Crippen molar-refractivity contribution in [1.29, 1.82) is 0 Å². The minimum Gasteiger partial charge on any atom is -0.495 e. The lowest BCUT2D eigenvalue weighted by atomic mass is 10.2. The van der Waals surface area contributed by atoms with Crippen molar-refractivity contribution >= 4 is 11.6 Å². The van der Waals surface area contributed by atoms with Gasteiger partial charge >= 0.3 is 0 Å². The fourth-order valence-corrected chi connectivity index (χ4v) is 2.04. The largest absolute Gasteiger partial charge is 0.495 e. The van der Waals surface area contributed by atoms with E-state index in [2.05, 4.69) is 34.2 Å². The molecule has 1 amide bonds. The Morgan fingerprint density at radius 1 is 1.38 bits per heavy atom. The second-order valence-electron chi connectivity index (χ2n) is 4.97. The molecule has 1 aromatic carbocycles. The monoisotopic (exact) mass is 290 g/mol. The van der Waals surface area contributed by atoms with Crippen molar-refractivity contribution in [3.8, 4) is 5.75 Å². The number of likely N-dealkylation sites (N-methyl/N-ethyl adjacent to an activating group) is 1. The van der Waals surface area contributed by atoms with Crippen LogP contribution in [0.15, 0.2) is 36.0 Å². The molecule has 1 heterocycles. The van der Waals surface area contributed by atoms with E-state index in [1.807, 2.05) is 24.3 Å². The number of methoxy groups -OCH3 is 1. The number of hydrogen-bond donors (Lipinski definition) is 3. The maximum Gasteiger partial charge on any atom is 0.257 e. The smallest absolute Gasteiger partial charge is 0.257 e. The van der Waals surface area contributed by atoms with E-state index in [4.69, 9.17) is 4.74 Å². The summed E-state index contributed by atoms with van der Waals surface area (Å²) < 4.78 is 5.22. The summed E-state index contributed by atoms with van der Waals surface area (Å²) in [6.45, 7) is 2.08. The maximum atomic E-state index is 11.8. The zero-order valence-electron chi connectivity index (χ0n) is 12.5. The highest BCUT2D eigenvalue weighted by atomic mass is 16.5. The highest BCUT2D eigenvalue weighted by Crippen LogP contribution is 2.22. The first-order chi connectivity index (χ1) is 10.2. The molecule has 3 N–H and O–H groups in total. The zero-order valence-corrected chi connectivity index (χ0v) is 12.5. The quantitative estimate of drug-likeness (QED) is 0.681. The summed E-state index contributed by atoms with van der Waals surface area (Å²) in [4.78, 5) is 14.0. The highest BCUT2D eigenvalue weighted by Gasteiger charge is 2.09. The summed E-state index contributed by atoms with van der Waals surface area (Å²) in [6, 6.07) is 7.50. The van der Waals surface area contributed by atoms with Gasteiger partial charge in [-0.1, -0.05) is 12.1 Å². The molecule has 1 aliphatic rings.